The first kappa shape index (κ1) is 16.5. The molecule has 4 heteroatoms. The lowest BCUT2D eigenvalue weighted by atomic mass is 10.1. The lowest BCUT2D eigenvalue weighted by molar-refractivity contribution is 0.148. The monoisotopic (exact) mass is 323 g/mol. The molecule has 0 aliphatic carbocycles. The number of piperazine rings is 1. The molecular formula is C20H25N3O. The Kier molecular flexibility index (Phi) is 5.49. The van der Waals surface area contributed by atoms with Crippen LogP contribution in [0.25, 0.3) is 0 Å². The first-order valence-corrected chi connectivity index (χ1v) is 8.59. The van der Waals surface area contributed by atoms with Crippen molar-refractivity contribution < 1.29 is 4.79 Å². The molecule has 1 saturated heterocycles. The molecule has 3 rings (SSSR count). The molecule has 24 heavy (non-hydrogen) atoms. The second-order valence-corrected chi connectivity index (χ2v) is 6.36. The Hall–Kier alpha value is -2.33. The molecular weight excluding hydrogens is 298 g/mol. The molecule has 1 aliphatic heterocycles. The maximum Gasteiger partial charge on any atom is 0.321 e. The molecule has 4 nitrogen and oxygen atoms in total. The fourth-order valence-electron chi connectivity index (χ4n) is 3.03. The molecule has 0 aromatic heterocycles. The van der Waals surface area contributed by atoms with Gasteiger partial charge in [-0.15, -0.1) is 0 Å². The van der Waals surface area contributed by atoms with Gasteiger partial charge in [-0.3, -0.25) is 4.90 Å². The molecule has 2 aromatic rings. The van der Waals surface area contributed by atoms with Crippen LogP contribution in [0, 0.1) is 6.92 Å². The number of rotatable bonds is 4. The van der Waals surface area contributed by atoms with Crippen LogP contribution in [0.2, 0.25) is 0 Å². The van der Waals surface area contributed by atoms with Gasteiger partial charge in [-0.25, -0.2) is 4.79 Å². The minimum absolute atomic E-state index is 0.00306. The highest BCUT2D eigenvalue weighted by Gasteiger charge is 2.20. The van der Waals surface area contributed by atoms with Crippen molar-refractivity contribution in [2.75, 3.05) is 38.0 Å². The van der Waals surface area contributed by atoms with Crippen LogP contribution in [0.1, 0.15) is 11.1 Å². The summed E-state index contributed by atoms with van der Waals surface area (Å²) in [5.41, 5.74) is 3.39. The molecule has 2 aromatic carbocycles. The van der Waals surface area contributed by atoms with Gasteiger partial charge in [0.1, 0.15) is 0 Å². The summed E-state index contributed by atoms with van der Waals surface area (Å²) < 4.78 is 0. The Balaban J connectivity index is 1.43. The van der Waals surface area contributed by atoms with E-state index < -0.39 is 0 Å². The number of carbonyl (C=O) groups excluding carboxylic acids is 1. The number of aryl methyl sites for hydroxylation is 1. The molecule has 0 spiro atoms. The van der Waals surface area contributed by atoms with Gasteiger partial charge < -0.3 is 10.2 Å². The fraction of sp³-hybridized carbons (Fsp3) is 0.350. The maximum atomic E-state index is 12.4. The molecule has 0 bridgehead atoms. The quantitative estimate of drug-likeness (QED) is 0.936. The van der Waals surface area contributed by atoms with E-state index in [-0.39, 0.29) is 6.03 Å². The van der Waals surface area contributed by atoms with E-state index in [4.69, 9.17) is 0 Å². The van der Waals surface area contributed by atoms with E-state index in [1.54, 1.807) is 0 Å². The Bertz CT molecular complexity index is 664. The van der Waals surface area contributed by atoms with Gasteiger partial charge in [0.15, 0.2) is 0 Å². The van der Waals surface area contributed by atoms with Gasteiger partial charge in [0, 0.05) is 38.4 Å². The van der Waals surface area contributed by atoms with Crippen LogP contribution in [0.5, 0.6) is 0 Å². The lowest BCUT2D eigenvalue weighted by Gasteiger charge is -2.34. The highest BCUT2D eigenvalue weighted by Crippen LogP contribution is 2.12. The average Bonchev–Trinajstić information content (AvgIpc) is 2.61. The zero-order chi connectivity index (χ0) is 16.8. The number of nitrogens with one attached hydrogen (secondary N) is 1. The van der Waals surface area contributed by atoms with Crippen LogP contribution < -0.4 is 5.32 Å². The Labute approximate surface area is 144 Å². The molecule has 0 unspecified atom stereocenters. The van der Waals surface area contributed by atoms with Gasteiger partial charge in [0.2, 0.25) is 0 Å². The molecule has 1 aliphatic rings. The topological polar surface area (TPSA) is 35.6 Å². The minimum atomic E-state index is 0.00306. The third kappa shape index (κ3) is 4.59. The number of hydrogen-bond acceptors (Lipinski definition) is 2. The summed E-state index contributed by atoms with van der Waals surface area (Å²) in [6.07, 6.45) is 1.07. The first-order chi connectivity index (χ1) is 11.7. The van der Waals surface area contributed by atoms with Crippen molar-refractivity contribution in [1.82, 2.24) is 9.80 Å². The lowest BCUT2D eigenvalue weighted by Crippen LogP contribution is -2.50. The van der Waals surface area contributed by atoms with Crippen molar-refractivity contribution in [3.63, 3.8) is 0 Å². The van der Waals surface area contributed by atoms with Crippen LogP contribution in [-0.4, -0.2) is 48.6 Å². The molecule has 126 valence electrons. The second-order valence-electron chi connectivity index (χ2n) is 6.36. The smallest absolute Gasteiger partial charge is 0.321 e. The first-order valence-electron chi connectivity index (χ1n) is 8.59. The number of hydrogen-bond donors (Lipinski definition) is 1. The van der Waals surface area contributed by atoms with Crippen molar-refractivity contribution in [1.29, 1.82) is 0 Å². The number of carbonyl (C=O) groups is 1. The summed E-state index contributed by atoms with van der Waals surface area (Å²) in [6.45, 7) is 6.53. The van der Waals surface area contributed by atoms with Crippen LogP contribution in [0.4, 0.5) is 10.5 Å². The van der Waals surface area contributed by atoms with Gasteiger partial charge in [-0.2, -0.15) is 0 Å². The summed E-state index contributed by atoms with van der Waals surface area (Å²) in [5.74, 6) is 0. The molecule has 1 fully saturated rings. The Morgan fingerprint density at radius 1 is 1.00 bits per heavy atom. The number of anilines is 1. The normalized spacial score (nSPS) is 15.3. The number of urea groups is 1. The van der Waals surface area contributed by atoms with E-state index in [1.165, 1.54) is 5.56 Å². The van der Waals surface area contributed by atoms with Gasteiger partial charge in [-0.1, -0.05) is 42.5 Å². The van der Waals surface area contributed by atoms with Gasteiger partial charge in [-0.05, 0) is 36.6 Å². The number of nitrogens with zero attached hydrogens (tertiary/aromatic N) is 2. The molecule has 1 N–H and O–H groups in total. The van der Waals surface area contributed by atoms with E-state index in [9.17, 15) is 4.79 Å². The molecule has 1 heterocycles. The summed E-state index contributed by atoms with van der Waals surface area (Å²) in [7, 11) is 0. The van der Waals surface area contributed by atoms with Crippen molar-refractivity contribution in [3.8, 4) is 0 Å². The van der Waals surface area contributed by atoms with Gasteiger partial charge in [0.25, 0.3) is 0 Å². The SMILES string of the molecule is Cc1cccc(NC(=O)N2CCN(CCc3ccccc3)CC2)c1. The van der Waals surface area contributed by atoms with Crippen molar-refractivity contribution in [2.24, 2.45) is 0 Å². The maximum absolute atomic E-state index is 12.4. The van der Waals surface area contributed by atoms with Crippen LogP contribution >= 0.6 is 0 Å². The van der Waals surface area contributed by atoms with Crippen molar-refractivity contribution in [3.05, 3.63) is 65.7 Å². The average molecular weight is 323 g/mol. The summed E-state index contributed by atoms with van der Waals surface area (Å²) in [4.78, 5) is 16.7. The van der Waals surface area contributed by atoms with E-state index in [0.29, 0.717) is 0 Å². The third-order valence-electron chi connectivity index (χ3n) is 4.49. The minimum Gasteiger partial charge on any atom is -0.322 e. The summed E-state index contributed by atoms with van der Waals surface area (Å²) in [5, 5.41) is 2.99. The van der Waals surface area contributed by atoms with Gasteiger partial charge in [0.05, 0.1) is 0 Å². The molecule has 0 radical (unpaired) electrons. The highest BCUT2D eigenvalue weighted by molar-refractivity contribution is 5.89. The molecule has 0 atom stereocenters. The Morgan fingerprint density at radius 3 is 2.46 bits per heavy atom. The zero-order valence-corrected chi connectivity index (χ0v) is 14.2. The highest BCUT2D eigenvalue weighted by atomic mass is 16.2. The zero-order valence-electron chi connectivity index (χ0n) is 14.2. The predicted octanol–water partition coefficient (Wildman–Crippen LogP) is 3.39. The number of amides is 2. The Morgan fingerprint density at radius 2 is 1.75 bits per heavy atom. The van der Waals surface area contributed by atoms with E-state index in [1.807, 2.05) is 36.1 Å². The van der Waals surface area contributed by atoms with Crippen LogP contribution in [0.15, 0.2) is 54.6 Å². The van der Waals surface area contributed by atoms with E-state index >= 15 is 0 Å². The predicted molar refractivity (Wildman–Crippen MR) is 98.4 cm³/mol. The van der Waals surface area contributed by atoms with Crippen molar-refractivity contribution in [2.45, 2.75) is 13.3 Å². The van der Waals surface area contributed by atoms with E-state index in [0.717, 1.165) is 50.4 Å². The molecule has 0 saturated carbocycles. The van der Waals surface area contributed by atoms with Crippen molar-refractivity contribution >= 4 is 11.7 Å². The molecule has 2 amide bonds. The number of benzene rings is 2. The summed E-state index contributed by atoms with van der Waals surface area (Å²) in [6, 6.07) is 18.5. The van der Waals surface area contributed by atoms with E-state index in [2.05, 4.69) is 40.5 Å². The summed E-state index contributed by atoms with van der Waals surface area (Å²) >= 11 is 0. The third-order valence-corrected chi connectivity index (χ3v) is 4.49. The van der Waals surface area contributed by atoms with Crippen LogP contribution in [-0.2, 0) is 6.42 Å². The van der Waals surface area contributed by atoms with Crippen LogP contribution in [0.3, 0.4) is 0 Å². The largest absolute Gasteiger partial charge is 0.322 e. The second kappa shape index (κ2) is 7.97. The fourth-order valence-corrected chi connectivity index (χ4v) is 3.03. The standard InChI is InChI=1S/C20H25N3O/c1-17-6-5-9-19(16-17)21-20(24)23-14-12-22(13-15-23)11-10-18-7-3-2-4-8-18/h2-9,16H,10-15H2,1H3,(H,21,24). The van der Waals surface area contributed by atoms with Gasteiger partial charge >= 0.3 is 6.03 Å².